The number of hydrogen-bond donors (Lipinski definition) is 1. The van der Waals surface area contributed by atoms with Crippen molar-refractivity contribution >= 4 is 11.8 Å². The molecule has 1 aromatic carbocycles. The number of halogens is 1. The van der Waals surface area contributed by atoms with E-state index in [1.165, 1.54) is 18.2 Å². The minimum absolute atomic E-state index is 0.103. The number of likely N-dealkylation sites (tertiary alicyclic amines) is 1. The molecule has 21 heavy (non-hydrogen) atoms. The first kappa shape index (κ1) is 13.9. The molecule has 4 nitrogen and oxygen atoms in total. The molecule has 1 fully saturated rings. The average Bonchev–Trinajstić information content (AvgIpc) is 2.73. The SMILES string of the molecule is O=C1[C@@H]2CC=CC[C@H]2C(=O)N1C[C@H](O)c1ccccc1F. The predicted octanol–water partition coefficient (Wildman–Crippen LogP) is 1.81. The van der Waals surface area contributed by atoms with Gasteiger partial charge in [0.2, 0.25) is 11.8 Å². The fraction of sp³-hybridized carbons (Fsp3) is 0.375. The molecule has 0 spiro atoms. The lowest BCUT2D eigenvalue weighted by molar-refractivity contribution is -0.141. The van der Waals surface area contributed by atoms with Crippen molar-refractivity contribution in [2.24, 2.45) is 11.8 Å². The summed E-state index contributed by atoms with van der Waals surface area (Å²) >= 11 is 0. The lowest BCUT2D eigenvalue weighted by atomic mass is 9.85. The van der Waals surface area contributed by atoms with Gasteiger partial charge in [0.1, 0.15) is 5.82 Å². The van der Waals surface area contributed by atoms with E-state index in [1.807, 2.05) is 12.2 Å². The summed E-state index contributed by atoms with van der Waals surface area (Å²) < 4.78 is 13.6. The van der Waals surface area contributed by atoms with E-state index in [0.29, 0.717) is 12.8 Å². The highest BCUT2D eigenvalue weighted by atomic mass is 19.1. The lowest BCUT2D eigenvalue weighted by Crippen LogP contribution is -2.35. The number of carbonyl (C=O) groups is 2. The van der Waals surface area contributed by atoms with Gasteiger partial charge in [-0.15, -0.1) is 0 Å². The van der Waals surface area contributed by atoms with E-state index in [-0.39, 0.29) is 35.8 Å². The van der Waals surface area contributed by atoms with Gasteiger partial charge in [-0.1, -0.05) is 30.4 Å². The highest BCUT2D eigenvalue weighted by Gasteiger charge is 2.47. The minimum Gasteiger partial charge on any atom is -0.386 e. The summed E-state index contributed by atoms with van der Waals surface area (Å²) in [5.74, 6) is -1.71. The van der Waals surface area contributed by atoms with Crippen LogP contribution >= 0.6 is 0 Å². The number of allylic oxidation sites excluding steroid dienone is 2. The number of benzene rings is 1. The summed E-state index contributed by atoms with van der Waals surface area (Å²) in [6.07, 6.45) is 3.72. The Balaban J connectivity index is 1.78. The monoisotopic (exact) mass is 289 g/mol. The van der Waals surface area contributed by atoms with Crippen LogP contribution in [0.15, 0.2) is 36.4 Å². The van der Waals surface area contributed by atoms with Crippen molar-refractivity contribution in [2.75, 3.05) is 6.54 Å². The van der Waals surface area contributed by atoms with E-state index in [0.717, 1.165) is 4.90 Å². The zero-order valence-corrected chi connectivity index (χ0v) is 11.4. The van der Waals surface area contributed by atoms with Gasteiger partial charge >= 0.3 is 0 Å². The van der Waals surface area contributed by atoms with Gasteiger partial charge in [0.05, 0.1) is 24.5 Å². The fourth-order valence-corrected chi connectivity index (χ4v) is 3.07. The number of imide groups is 1. The molecule has 1 heterocycles. The molecule has 0 aromatic heterocycles. The Hall–Kier alpha value is -2.01. The Labute approximate surface area is 121 Å². The smallest absolute Gasteiger partial charge is 0.233 e. The maximum atomic E-state index is 13.6. The van der Waals surface area contributed by atoms with Crippen molar-refractivity contribution in [3.63, 3.8) is 0 Å². The molecule has 3 atom stereocenters. The summed E-state index contributed by atoms with van der Waals surface area (Å²) in [7, 11) is 0. The third-order valence-corrected chi connectivity index (χ3v) is 4.22. The maximum absolute atomic E-state index is 13.6. The summed E-state index contributed by atoms with van der Waals surface area (Å²) in [5, 5.41) is 10.1. The molecule has 1 aliphatic heterocycles. The Morgan fingerprint density at radius 2 is 1.71 bits per heavy atom. The van der Waals surface area contributed by atoms with Gasteiger partial charge in [-0.3, -0.25) is 14.5 Å². The van der Waals surface area contributed by atoms with Crippen LogP contribution in [-0.4, -0.2) is 28.4 Å². The van der Waals surface area contributed by atoms with Crippen LogP contribution in [0.4, 0.5) is 4.39 Å². The van der Waals surface area contributed by atoms with Crippen LogP contribution in [0.25, 0.3) is 0 Å². The zero-order chi connectivity index (χ0) is 15.0. The Bertz CT molecular complexity index is 587. The zero-order valence-electron chi connectivity index (χ0n) is 11.4. The third-order valence-electron chi connectivity index (χ3n) is 4.22. The number of β-amino-alcohol motifs (C(OH)–C–C–N with tert-alkyl or cyclic N) is 1. The molecule has 2 aliphatic rings. The molecule has 110 valence electrons. The van der Waals surface area contributed by atoms with Crippen LogP contribution in [0.2, 0.25) is 0 Å². The number of aliphatic hydroxyl groups is 1. The minimum atomic E-state index is -1.20. The summed E-state index contributed by atoms with van der Waals surface area (Å²) in [6.45, 7) is -0.189. The van der Waals surface area contributed by atoms with Crippen LogP contribution in [0.5, 0.6) is 0 Å². The number of aliphatic hydroxyl groups excluding tert-OH is 1. The van der Waals surface area contributed by atoms with Gasteiger partial charge in [-0.2, -0.15) is 0 Å². The maximum Gasteiger partial charge on any atom is 0.233 e. The number of carbonyl (C=O) groups excluding carboxylic acids is 2. The standard InChI is InChI=1S/C16H16FNO3/c17-13-8-4-3-7-12(13)14(19)9-18-15(20)10-5-1-2-6-11(10)16(18)21/h1-4,7-8,10-11,14,19H,5-6,9H2/t10-,11-,14+/m1/s1. The van der Waals surface area contributed by atoms with Crippen LogP contribution in [0.1, 0.15) is 24.5 Å². The van der Waals surface area contributed by atoms with E-state index in [2.05, 4.69) is 0 Å². The van der Waals surface area contributed by atoms with E-state index in [9.17, 15) is 19.1 Å². The second-order valence-electron chi connectivity index (χ2n) is 5.48. The van der Waals surface area contributed by atoms with Crippen LogP contribution in [-0.2, 0) is 9.59 Å². The van der Waals surface area contributed by atoms with Gasteiger partial charge in [0, 0.05) is 5.56 Å². The molecule has 1 N–H and O–H groups in total. The normalized spacial score (nSPS) is 26.1. The highest BCUT2D eigenvalue weighted by Crippen LogP contribution is 2.36. The molecular weight excluding hydrogens is 273 g/mol. The Kier molecular flexibility index (Phi) is 3.59. The molecule has 1 aliphatic carbocycles. The van der Waals surface area contributed by atoms with E-state index in [4.69, 9.17) is 0 Å². The molecule has 5 heteroatoms. The number of fused-ring (bicyclic) bond motifs is 1. The van der Waals surface area contributed by atoms with Gasteiger partial charge in [-0.05, 0) is 18.9 Å². The van der Waals surface area contributed by atoms with Gasteiger partial charge < -0.3 is 5.11 Å². The Morgan fingerprint density at radius 3 is 2.29 bits per heavy atom. The van der Waals surface area contributed by atoms with Crippen LogP contribution in [0, 0.1) is 17.7 Å². The van der Waals surface area contributed by atoms with E-state index < -0.39 is 11.9 Å². The first-order valence-corrected chi connectivity index (χ1v) is 7.02. The predicted molar refractivity (Wildman–Crippen MR) is 73.4 cm³/mol. The molecule has 3 rings (SSSR count). The van der Waals surface area contributed by atoms with Gasteiger partial charge in [-0.25, -0.2) is 4.39 Å². The molecule has 0 unspecified atom stereocenters. The highest BCUT2D eigenvalue weighted by molar-refractivity contribution is 6.05. The van der Waals surface area contributed by atoms with Crippen LogP contribution < -0.4 is 0 Å². The molecule has 0 radical (unpaired) electrons. The Morgan fingerprint density at radius 1 is 1.14 bits per heavy atom. The number of amides is 2. The largest absolute Gasteiger partial charge is 0.386 e. The van der Waals surface area contributed by atoms with Crippen molar-refractivity contribution < 1.29 is 19.1 Å². The molecule has 0 bridgehead atoms. The van der Waals surface area contributed by atoms with Crippen LogP contribution in [0.3, 0.4) is 0 Å². The summed E-state index contributed by atoms with van der Waals surface area (Å²) in [4.78, 5) is 25.6. The second-order valence-corrected chi connectivity index (χ2v) is 5.48. The van der Waals surface area contributed by atoms with Crippen molar-refractivity contribution in [1.29, 1.82) is 0 Å². The number of nitrogens with zero attached hydrogens (tertiary/aromatic N) is 1. The molecule has 1 aromatic rings. The van der Waals surface area contributed by atoms with E-state index >= 15 is 0 Å². The van der Waals surface area contributed by atoms with Crippen molar-refractivity contribution in [1.82, 2.24) is 4.90 Å². The summed E-state index contributed by atoms with van der Waals surface area (Å²) in [6, 6.07) is 5.84. The lowest BCUT2D eigenvalue weighted by Gasteiger charge is -2.19. The first-order chi connectivity index (χ1) is 10.1. The fourth-order valence-electron chi connectivity index (χ4n) is 3.07. The second kappa shape index (κ2) is 5.41. The van der Waals surface area contributed by atoms with Gasteiger partial charge in [0.15, 0.2) is 0 Å². The third kappa shape index (κ3) is 2.38. The van der Waals surface area contributed by atoms with Crippen molar-refractivity contribution in [2.45, 2.75) is 18.9 Å². The number of rotatable bonds is 3. The average molecular weight is 289 g/mol. The number of hydrogen-bond acceptors (Lipinski definition) is 3. The first-order valence-electron chi connectivity index (χ1n) is 7.02. The molecule has 1 saturated heterocycles. The van der Waals surface area contributed by atoms with Gasteiger partial charge in [0.25, 0.3) is 0 Å². The van der Waals surface area contributed by atoms with Crippen molar-refractivity contribution in [3.8, 4) is 0 Å². The van der Waals surface area contributed by atoms with E-state index in [1.54, 1.807) is 6.07 Å². The topological polar surface area (TPSA) is 57.6 Å². The quantitative estimate of drug-likeness (QED) is 0.682. The molecule has 0 saturated carbocycles. The molecular formula is C16H16FNO3. The molecule has 2 amide bonds. The van der Waals surface area contributed by atoms with Crippen molar-refractivity contribution in [3.05, 3.63) is 47.8 Å². The summed E-state index contributed by atoms with van der Waals surface area (Å²) in [5.41, 5.74) is 0.103.